The van der Waals surface area contributed by atoms with Crippen molar-refractivity contribution in [2.45, 2.75) is 25.3 Å². The summed E-state index contributed by atoms with van der Waals surface area (Å²) in [7, 11) is 0. The molecule has 2 N–H and O–H groups in total. The minimum Gasteiger partial charge on any atom is -0.356 e. The van der Waals surface area contributed by atoms with Gasteiger partial charge >= 0.3 is 0 Å². The number of aromatic nitrogens is 1. The van der Waals surface area contributed by atoms with E-state index in [0.29, 0.717) is 0 Å². The van der Waals surface area contributed by atoms with Gasteiger partial charge in [-0.25, -0.2) is 0 Å². The Bertz CT molecular complexity index is 943. The largest absolute Gasteiger partial charge is 0.356 e. The van der Waals surface area contributed by atoms with Crippen LogP contribution in [0.5, 0.6) is 0 Å². The van der Waals surface area contributed by atoms with Crippen molar-refractivity contribution >= 4 is 38.8 Å². The van der Waals surface area contributed by atoms with E-state index in [-0.39, 0.29) is 11.9 Å². The van der Waals surface area contributed by atoms with Crippen molar-refractivity contribution in [1.82, 2.24) is 10.3 Å². The van der Waals surface area contributed by atoms with Crippen molar-refractivity contribution in [1.29, 1.82) is 0 Å². The fraction of sp³-hybridized carbons (Fsp3) is 0.190. The second-order valence-corrected chi connectivity index (χ2v) is 7.32. The highest BCUT2D eigenvalue weighted by atomic mass is 79.9. The average Bonchev–Trinajstić information content (AvgIpc) is 3.00. The Morgan fingerprint density at radius 1 is 1.20 bits per heavy atom. The van der Waals surface area contributed by atoms with Gasteiger partial charge in [0.1, 0.15) is 0 Å². The second-order valence-electron chi connectivity index (χ2n) is 6.40. The van der Waals surface area contributed by atoms with Crippen LogP contribution in [-0.4, -0.2) is 10.9 Å². The second kappa shape index (κ2) is 6.89. The van der Waals surface area contributed by atoms with E-state index in [9.17, 15) is 4.79 Å². The van der Waals surface area contributed by atoms with Gasteiger partial charge in [0.2, 0.25) is 5.91 Å². The highest BCUT2D eigenvalue weighted by molar-refractivity contribution is 9.10. The molecule has 1 aliphatic rings. The van der Waals surface area contributed by atoms with Crippen LogP contribution in [0.2, 0.25) is 0 Å². The smallest absolute Gasteiger partial charge is 0.244 e. The number of carbonyl (C=O) groups is 1. The third-order valence-electron chi connectivity index (χ3n) is 4.71. The van der Waals surface area contributed by atoms with Gasteiger partial charge in [0.05, 0.1) is 6.04 Å². The number of H-pyrrole nitrogens is 1. The standard InChI is InChI=1S/C21H19BrN2O/c22-15-10-11-18-17(13-15)16-7-4-8-19(21(16)24-18)23-20(25)12-9-14-5-2-1-3-6-14/h1-3,5-6,9-13,19,24H,4,7-8H2,(H,23,25)/b12-9+. The molecule has 1 atom stereocenters. The Hall–Kier alpha value is -2.33. The van der Waals surface area contributed by atoms with E-state index in [2.05, 4.69) is 38.4 Å². The Morgan fingerprint density at radius 2 is 2.04 bits per heavy atom. The summed E-state index contributed by atoms with van der Waals surface area (Å²) in [5.74, 6) is -0.0541. The van der Waals surface area contributed by atoms with Crippen LogP contribution in [0.25, 0.3) is 17.0 Å². The van der Waals surface area contributed by atoms with Crippen molar-refractivity contribution < 1.29 is 4.79 Å². The lowest BCUT2D eigenvalue weighted by Gasteiger charge is -2.23. The van der Waals surface area contributed by atoms with Crippen LogP contribution in [0.1, 0.15) is 35.7 Å². The van der Waals surface area contributed by atoms with E-state index in [1.54, 1.807) is 6.08 Å². The quantitative estimate of drug-likeness (QED) is 0.593. The van der Waals surface area contributed by atoms with Gasteiger partial charge in [-0.15, -0.1) is 0 Å². The number of benzene rings is 2. The fourth-order valence-corrected chi connectivity index (χ4v) is 3.90. The van der Waals surface area contributed by atoms with Gasteiger partial charge in [-0.2, -0.15) is 0 Å². The molecule has 4 heteroatoms. The van der Waals surface area contributed by atoms with Crippen LogP contribution in [0.3, 0.4) is 0 Å². The summed E-state index contributed by atoms with van der Waals surface area (Å²) in [6.45, 7) is 0. The molecule has 1 aromatic heterocycles. The number of aryl methyl sites for hydroxylation is 1. The van der Waals surface area contributed by atoms with E-state index in [1.807, 2.05) is 42.5 Å². The van der Waals surface area contributed by atoms with Gasteiger partial charge in [-0.1, -0.05) is 46.3 Å². The van der Waals surface area contributed by atoms with Crippen LogP contribution >= 0.6 is 15.9 Å². The number of hydrogen-bond donors (Lipinski definition) is 2. The molecule has 4 rings (SSSR count). The first kappa shape index (κ1) is 16.2. The maximum Gasteiger partial charge on any atom is 0.244 e. The van der Waals surface area contributed by atoms with Gasteiger partial charge in [0.15, 0.2) is 0 Å². The maximum atomic E-state index is 12.3. The molecule has 3 nitrogen and oxygen atoms in total. The zero-order chi connectivity index (χ0) is 17.2. The van der Waals surface area contributed by atoms with Crippen molar-refractivity contribution in [3.8, 4) is 0 Å². The van der Waals surface area contributed by atoms with E-state index in [4.69, 9.17) is 0 Å². The molecule has 1 heterocycles. The topological polar surface area (TPSA) is 44.9 Å². The summed E-state index contributed by atoms with van der Waals surface area (Å²) in [4.78, 5) is 15.9. The zero-order valence-electron chi connectivity index (χ0n) is 13.8. The highest BCUT2D eigenvalue weighted by Gasteiger charge is 2.25. The molecule has 3 aromatic rings. The molecule has 0 aliphatic heterocycles. The Kier molecular flexibility index (Phi) is 4.45. The average molecular weight is 395 g/mol. The van der Waals surface area contributed by atoms with E-state index in [0.717, 1.165) is 40.5 Å². The van der Waals surface area contributed by atoms with Crippen LogP contribution in [0, 0.1) is 0 Å². The van der Waals surface area contributed by atoms with Gasteiger partial charge in [-0.3, -0.25) is 4.79 Å². The molecule has 0 spiro atoms. The van der Waals surface area contributed by atoms with Crippen LogP contribution < -0.4 is 5.32 Å². The molecule has 126 valence electrons. The molecule has 0 saturated carbocycles. The van der Waals surface area contributed by atoms with Crippen molar-refractivity contribution in [2.24, 2.45) is 0 Å². The van der Waals surface area contributed by atoms with Gasteiger partial charge in [-0.05, 0) is 54.7 Å². The minimum atomic E-state index is -0.0541. The molecule has 1 aliphatic carbocycles. The van der Waals surface area contributed by atoms with Crippen molar-refractivity contribution in [3.63, 3.8) is 0 Å². The Labute approximate surface area is 155 Å². The number of nitrogens with one attached hydrogen (secondary N) is 2. The molecule has 2 aromatic carbocycles. The lowest BCUT2D eigenvalue weighted by molar-refractivity contribution is -0.117. The number of carbonyl (C=O) groups excluding carboxylic acids is 1. The maximum absolute atomic E-state index is 12.3. The predicted molar refractivity (Wildman–Crippen MR) is 105 cm³/mol. The number of halogens is 1. The molecule has 25 heavy (non-hydrogen) atoms. The monoisotopic (exact) mass is 394 g/mol. The molecule has 0 bridgehead atoms. The Balaban J connectivity index is 1.56. The number of aromatic amines is 1. The number of hydrogen-bond acceptors (Lipinski definition) is 1. The first-order chi connectivity index (χ1) is 12.2. The number of amides is 1. The number of fused-ring (bicyclic) bond motifs is 3. The molecular weight excluding hydrogens is 376 g/mol. The molecule has 1 amide bonds. The molecule has 0 fully saturated rings. The molecule has 0 saturated heterocycles. The van der Waals surface area contributed by atoms with E-state index in [1.165, 1.54) is 10.9 Å². The van der Waals surface area contributed by atoms with Gasteiger partial charge in [0, 0.05) is 27.1 Å². The SMILES string of the molecule is O=C(/C=C/c1ccccc1)NC1CCCc2c1[nH]c1ccc(Br)cc21. The summed E-state index contributed by atoms with van der Waals surface area (Å²) in [5, 5.41) is 4.41. The lowest BCUT2D eigenvalue weighted by atomic mass is 9.91. The summed E-state index contributed by atoms with van der Waals surface area (Å²) in [5.41, 5.74) is 4.65. The van der Waals surface area contributed by atoms with Gasteiger partial charge in [0.25, 0.3) is 0 Å². The molecule has 0 radical (unpaired) electrons. The summed E-state index contributed by atoms with van der Waals surface area (Å²) in [6.07, 6.45) is 6.56. The number of rotatable bonds is 3. The van der Waals surface area contributed by atoms with Crippen LogP contribution in [0.15, 0.2) is 59.1 Å². The summed E-state index contributed by atoms with van der Waals surface area (Å²) in [6, 6.07) is 16.2. The third-order valence-corrected chi connectivity index (χ3v) is 5.21. The predicted octanol–water partition coefficient (Wildman–Crippen LogP) is 5.14. The van der Waals surface area contributed by atoms with Crippen molar-refractivity contribution in [2.75, 3.05) is 0 Å². The lowest BCUT2D eigenvalue weighted by Crippen LogP contribution is -2.29. The Morgan fingerprint density at radius 3 is 2.88 bits per heavy atom. The zero-order valence-corrected chi connectivity index (χ0v) is 15.3. The van der Waals surface area contributed by atoms with Crippen LogP contribution in [0.4, 0.5) is 0 Å². The van der Waals surface area contributed by atoms with E-state index >= 15 is 0 Å². The molecular formula is C21H19BrN2O. The van der Waals surface area contributed by atoms with Crippen molar-refractivity contribution in [3.05, 3.63) is 75.9 Å². The van der Waals surface area contributed by atoms with E-state index < -0.39 is 0 Å². The van der Waals surface area contributed by atoms with Gasteiger partial charge < -0.3 is 10.3 Å². The minimum absolute atomic E-state index is 0.0443. The summed E-state index contributed by atoms with van der Waals surface area (Å²) >= 11 is 3.55. The third kappa shape index (κ3) is 3.40. The molecule has 1 unspecified atom stereocenters. The first-order valence-electron chi connectivity index (χ1n) is 8.54. The van der Waals surface area contributed by atoms with Crippen LogP contribution in [-0.2, 0) is 11.2 Å². The summed E-state index contributed by atoms with van der Waals surface area (Å²) < 4.78 is 1.08. The first-order valence-corrected chi connectivity index (χ1v) is 9.33. The highest BCUT2D eigenvalue weighted by Crippen LogP contribution is 2.35. The fourth-order valence-electron chi connectivity index (χ4n) is 3.54. The normalized spacial score (nSPS) is 16.9.